The van der Waals surface area contributed by atoms with E-state index in [4.69, 9.17) is 5.26 Å². The van der Waals surface area contributed by atoms with Crippen molar-refractivity contribution in [2.45, 2.75) is 6.92 Å². The fourth-order valence-electron chi connectivity index (χ4n) is 1.42. The van der Waals surface area contributed by atoms with Gasteiger partial charge in [-0.1, -0.05) is 12.6 Å². The molecule has 78 valence electrons. The lowest BCUT2D eigenvalue weighted by Crippen LogP contribution is -2.20. The van der Waals surface area contributed by atoms with Crippen molar-refractivity contribution in [2.24, 2.45) is 5.10 Å². The van der Waals surface area contributed by atoms with Crippen LogP contribution in [-0.2, 0) is 4.79 Å². The van der Waals surface area contributed by atoms with E-state index in [1.807, 2.05) is 6.07 Å². The highest BCUT2D eigenvalue weighted by molar-refractivity contribution is 6.29. The van der Waals surface area contributed by atoms with Gasteiger partial charge in [0, 0.05) is 0 Å². The van der Waals surface area contributed by atoms with Gasteiger partial charge in [-0.15, -0.1) is 0 Å². The van der Waals surface area contributed by atoms with Crippen molar-refractivity contribution in [3.05, 3.63) is 42.0 Å². The van der Waals surface area contributed by atoms with Gasteiger partial charge in [-0.2, -0.15) is 15.4 Å². The molecule has 0 spiro atoms. The summed E-state index contributed by atoms with van der Waals surface area (Å²) in [5, 5.41) is 14.1. The molecule has 0 N–H and O–H groups in total. The summed E-state index contributed by atoms with van der Waals surface area (Å²) in [6.07, 6.45) is 0. The Balaban J connectivity index is 2.43. The van der Waals surface area contributed by atoms with Gasteiger partial charge in [0.15, 0.2) is 0 Å². The number of hydrazone groups is 1. The summed E-state index contributed by atoms with van der Waals surface area (Å²) < 4.78 is 0. The molecule has 1 aromatic carbocycles. The molecule has 0 unspecified atom stereocenters. The Bertz CT molecular complexity index is 552. The molecule has 0 bridgehead atoms. The highest BCUT2D eigenvalue weighted by atomic mass is 16.2. The summed E-state index contributed by atoms with van der Waals surface area (Å²) >= 11 is 0. The number of hydrogen-bond acceptors (Lipinski definition) is 3. The van der Waals surface area contributed by atoms with Gasteiger partial charge in [0.1, 0.15) is 0 Å². The van der Waals surface area contributed by atoms with Gasteiger partial charge in [0.05, 0.1) is 28.6 Å². The van der Waals surface area contributed by atoms with Crippen molar-refractivity contribution in [1.29, 1.82) is 5.26 Å². The Morgan fingerprint density at radius 2 is 2.25 bits per heavy atom. The largest absolute Gasteiger partial charge is 0.280 e. The van der Waals surface area contributed by atoms with E-state index in [-0.39, 0.29) is 5.91 Å². The zero-order chi connectivity index (χ0) is 11.7. The number of hydrogen-bond donors (Lipinski definition) is 0. The summed E-state index contributed by atoms with van der Waals surface area (Å²) in [4.78, 5) is 11.7. The topological polar surface area (TPSA) is 56.5 Å². The van der Waals surface area contributed by atoms with Crippen LogP contribution in [0.4, 0.5) is 5.69 Å². The highest BCUT2D eigenvalue weighted by Crippen LogP contribution is 2.23. The van der Waals surface area contributed by atoms with E-state index in [1.165, 1.54) is 5.01 Å². The number of nitrogens with zero attached hydrogens (tertiary/aromatic N) is 3. The molecule has 1 amide bonds. The smallest absolute Gasteiger partial charge is 0.267 e. The normalized spacial score (nSPS) is 15.0. The SMILES string of the molecule is C=C1C(=O)N(c2cccc(C#N)c2)N=C1C. The Morgan fingerprint density at radius 1 is 1.50 bits per heavy atom. The van der Waals surface area contributed by atoms with Crippen LogP contribution in [0.25, 0.3) is 0 Å². The van der Waals surface area contributed by atoms with Crippen LogP contribution in [0.3, 0.4) is 0 Å². The molecule has 1 aliphatic heterocycles. The van der Waals surface area contributed by atoms with Crippen LogP contribution in [0.5, 0.6) is 0 Å². The molecule has 4 nitrogen and oxygen atoms in total. The van der Waals surface area contributed by atoms with E-state index in [0.717, 1.165) is 0 Å². The Morgan fingerprint density at radius 3 is 2.81 bits per heavy atom. The summed E-state index contributed by atoms with van der Waals surface area (Å²) in [5.74, 6) is -0.243. The number of carbonyl (C=O) groups excluding carboxylic acids is 1. The summed E-state index contributed by atoms with van der Waals surface area (Å²) in [7, 11) is 0. The average molecular weight is 211 g/mol. The first-order chi connectivity index (χ1) is 7.63. The zero-order valence-corrected chi connectivity index (χ0v) is 8.77. The van der Waals surface area contributed by atoms with Gasteiger partial charge in [-0.05, 0) is 25.1 Å². The first kappa shape index (κ1) is 10.1. The molecule has 4 heteroatoms. The molecule has 0 saturated carbocycles. The maximum atomic E-state index is 11.7. The molecule has 0 aliphatic carbocycles. The number of anilines is 1. The van der Waals surface area contributed by atoms with E-state index < -0.39 is 0 Å². The number of carbonyl (C=O) groups is 1. The van der Waals surface area contributed by atoms with E-state index in [2.05, 4.69) is 11.7 Å². The van der Waals surface area contributed by atoms with E-state index in [9.17, 15) is 4.79 Å². The minimum Gasteiger partial charge on any atom is -0.267 e. The Labute approximate surface area is 93.1 Å². The third-order valence-electron chi connectivity index (χ3n) is 2.36. The van der Waals surface area contributed by atoms with E-state index >= 15 is 0 Å². The first-order valence-electron chi connectivity index (χ1n) is 4.72. The molecule has 1 aromatic rings. The van der Waals surface area contributed by atoms with Gasteiger partial charge in [0.2, 0.25) is 0 Å². The molecular weight excluding hydrogens is 202 g/mol. The number of amides is 1. The van der Waals surface area contributed by atoms with Crippen molar-refractivity contribution < 1.29 is 4.79 Å². The standard InChI is InChI=1S/C12H9N3O/c1-8-9(2)14-15(12(8)16)11-5-3-4-10(6-11)7-13/h3-6H,1H2,2H3. The van der Waals surface area contributed by atoms with Crippen LogP contribution in [0, 0.1) is 11.3 Å². The number of benzene rings is 1. The molecule has 2 rings (SSSR count). The Hall–Kier alpha value is -2.41. The molecule has 1 aliphatic rings. The molecule has 0 atom stereocenters. The summed E-state index contributed by atoms with van der Waals surface area (Å²) in [6.45, 7) is 5.38. The van der Waals surface area contributed by atoms with Gasteiger partial charge < -0.3 is 0 Å². The third-order valence-corrected chi connectivity index (χ3v) is 2.36. The van der Waals surface area contributed by atoms with Gasteiger partial charge in [-0.25, -0.2) is 0 Å². The second kappa shape index (κ2) is 3.63. The molecule has 0 radical (unpaired) electrons. The van der Waals surface area contributed by atoms with Crippen LogP contribution in [0.2, 0.25) is 0 Å². The fourth-order valence-corrected chi connectivity index (χ4v) is 1.42. The van der Waals surface area contributed by atoms with Crippen molar-refractivity contribution in [2.75, 3.05) is 5.01 Å². The van der Waals surface area contributed by atoms with Crippen molar-refractivity contribution in [1.82, 2.24) is 0 Å². The summed E-state index contributed by atoms with van der Waals surface area (Å²) in [6, 6.07) is 8.76. The monoisotopic (exact) mass is 211 g/mol. The van der Waals surface area contributed by atoms with E-state index in [0.29, 0.717) is 22.5 Å². The van der Waals surface area contributed by atoms with Gasteiger partial charge in [0.25, 0.3) is 5.91 Å². The predicted octanol–water partition coefficient (Wildman–Crippen LogP) is 1.84. The van der Waals surface area contributed by atoms with Crippen molar-refractivity contribution >= 4 is 17.3 Å². The zero-order valence-electron chi connectivity index (χ0n) is 8.77. The predicted molar refractivity (Wildman–Crippen MR) is 60.9 cm³/mol. The minimum atomic E-state index is -0.243. The first-order valence-corrected chi connectivity index (χ1v) is 4.72. The highest BCUT2D eigenvalue weighted by Gasteiger charge is 2.26. The van der Waals surface area contributed by atoms with Gasteiger partial charge >= 0.3 is 0 Å². The van der Waals surface area contributed by atoms with Crippen LogP contribution < -0.4 is 5.01 Å². The maximum Gasteiger partial charge on any atom is 0.280 e. The van der Waals surface area contributed by atoms with E-state index in [1.54, 1.807) is 31.2 Å². The molecule has 0 saturated heterocycles. The van der Waals surface area contributed by atoms with Crippen molar-refractivity contribution in [3.8, 4) is 6.07 Å². The molecule has 16 heavy (non-hydrogen) atoms. The van der Waals surface area contributed by atoms with Gasteiger partial charge in [-0.3, -0.25) is 4.79 Å². The lowest BCUT2D eigenvalue weighted by Gasteiger charge is -2.11. The fraction of sp³-hybridized carbons (Fsp3) is 0.0833. The quantitative estimate of drug-likeness (QED) is 0.665. The van der Waals surface area contributed by atoms with Crippen LogP contribution in [0.1, 0.15) is 12.5 Å². The van der Waals surface area contributed by atoms with Crippen LogP contribution in [0.15, 0.2) is 41.5 Å². The minimum absolute atomic E-state index is 0.243. The second-order valence-electron chi connectivity index (χ2n) is 3.44. The average Bonchev–Trinajstić information content (AvgIpc) is 2.57. The molecule has 1 heterocycles. The third kappa shape index (κ3) is 1.48. The van der Waals surface area contributed by atoms with Crippen LogP contribution in [-0.4, -0.2) is 11.6 Å². The maximum absolute atomic E-state index is 11.7. The van der Waals surface area contributed by atoms with Crippen molar-refractivity contribution in [3.63, 3.8) is 0 Å². The lowest BCUT2D eigenvalue weighted by atomic mass is 10.2. The number of rotatable bonds is 1. The number of nitriles is 1. The molecule has 0 aromatic heterocycles. The second-order valence-corrected chi connectivity index (χ2v) is 3.44. The lowest BCUT2D eigenvalue weighted by molar-refractivity contribution is -0.114. The molecular formula is C12H9N3O. The summed E-state index contributed by atoms with van der Waals surface area (Å²) in [5.41, 5.74) is 2.08. The van der Waals surface area contributed by atoms with Crippen LogP contribution >= 0.6 is 0 Å². The molecule has 0 fully saturated rings. The Kier molecular flexibility index (Phi) is 2.29.